The Morgan fingerprint density at radius 1 is 1.37 bits per heavy atom. The molecule has 1 aliphatic rings. The molecule has 1 aromatic heterocycles. The number of likely N-dealkylation sites (tertiary alicyclic amines) is 1. The van der Waals surface area contributed by atoms with Gasteiger partial charge in [0.1, 0.15) is 0 Å². The average Bonchev–Trinajstić information content (AvgIpc) is 2.92. The third-order valence-electron chi connectivity index (χ3n) is 3.38. The number of hydrogen-bond acceptors (Lipinski definition) is 3. The zero-order valence-corrected chi connectivity index (χ0v) is 12.2. The molecule has 1 aliphatic heterocycles. The van der Waals surface area contributed by atoms with Gasteiger partial charge in [-0.1, -0.05) is 19.9 Å². The maximum atomic E-state index is 12.1. The van der Waals surface area contributed by atoms with Crippen LogP contribution >= 0.6 is 11.3 Å². The molecule has 5 heteroatoms. The molecule has 104 valence electrons. The highest BCUT2D eigenvalue weighted by Gasteiger charge is 2.25. The van der Waals surface area contributed by atoms with Gasteiger partial charge >= 0.3 is 0 Å². The van der Waals surface area contributed by atoms with Crippen molar-refractivity contribution >= 4 is 23.2 Å². The Labute approximate surface area is 117 Å². The molecule has 0 saturated carbocycles. The molecule has 0 radical (unpaired) electrons. The second kappa shape index (κ2) is 6.19. The van der Waals surface area contributed by atoms with Crippen molar-refractivity contribution < 1.29 is 9.59 Å². The molecular formula is C14H20N2O2S. The van der Waals surface area contributed by atoms with E-state index in [1.54, 1.807) is 0 Å². The van der Waals surface area contributed by atoms with Crippen LogP contribution in [0.5, 0.6) is 0 Å². The van der Waals surface area contributed by atoms with E-state index in [4.69, 9.17) is 0 Å². The molecule has 0 aromatic carbocycles. The fourth-order valence-corrected chi connectivity index (χ4v) is 2.84. The second-order valence-electron chi connectivity index (χ2n) is 5.21. The van der Waals surface area contributed by atoms with Crippen LogP contribution in [0.15, 0.2) is 17.5 Å². The van der Waals surface area contributed by atoms with Crippen molar-refractivity contribution in [3.8, 4) is 0 Å². The molecule has 2 amide bonds. The van der Waals surface area contributed by atoms with E-state index in [-0.39, 0.29) is 23.8 Å². The highest BCUT2D eigenvalue weighted by molar-refractivity contribution is 7.12. The molecule has 0 bridgehead atoms. The Morgan fingerprint density at radius 3 is 2.58 bits per heavy atom. The standard InChI is InChI=1S/C14H20N2O2S/c1-10(2)13(17)15-11-5-7-16(8-6-11)14(18)12-4-3-9-19-12/h3-4,9-11H,5-8H2,1-2H3,(H,15,17). The minimum Gasteiger partial charge on any atom is -0.353 e. The summed E-state index contributed by atoms with van der Waals surface area (Å²) in [5, 5.41) is 4.96. The van der Waals surface area contributed by atoms with Gasteiger partial charge in [0.05, 0.1) is 4.88 Å². The van der Waals surface area contributed by atoms with Crippen molar-refractivity contribution in [1.29, 1.82) is 0 Å². The van der Waals surface area contributed by atoms with Gasteiger partial charge in [0.15, 0.2) is 0 Å². The summed E-state index contributed by atoms with van der Waals surface area (Å²) in [6.45, 7) is 5.23. The largest absolute Gasteiger partial charge is 0.353 e. The molecule has 0 atom stereocenters. The van der Waals surface area contributed by atoms with Crippen molar-refractivity contribution in [2.24, 2.45) is 5.92 Å². The first-order valence-electron chi connectivity index (χ1n) is 6.71. The predicted octanol–water partition coefficient (Wildman–Crippen LogP) is 2.12. The number of rotatable bonds is 3. The maximum Gasteiger partial charge on any atom is 0.263 e. The SMILES string of the molecule is CC(C)C(=O)NC1CCN(C(=O)c2cccs2)CC1. The molecule has 1 fully saturated rings. The minimum absolute atomic E-state index is 0.0192. The van der Waals surface area contributed by atoms with Crippen LogP contribution in [0, 0.1) is 5.92 Å². The molecule has 4 nitrogen and oxygen atoms in total. The van der Waals surface area contributed by atoms with Crippen molar-refractivity contribution in [3.05, 3.63) is 22.4 Å². The summed E-state index contributed by atoms with van der Waals surface area (Å²) in [5.41, 5.74) is 0. The van der Waals surface area contributed by atoms with Crippen LogP contribution in [0.4, 0.5) is 0 Å². The topological polar surface area (TPSA) is 49.4 Å². The van der Waals surface area contributed by atoms with Gasteiger partial charge in [-0.3, -0.25) is 9.59 Å². The smallest absolute Gasteiger partial charge is 0.263 e. The molecule has 0 aliphatic carbocycles. The second-order valence-corrected chi connectivity index (χ2v) is 6.15. The van der Waals surface area contributed by atoms with Crippen molar-refractivity contribution in [2.45, 2.75) is 32.7 Å². The van der Waals surface area contributed by atoms with Crippen LogP contribution in [0.1, 0.15) is 36.4 Å². The van der Waals surface area contributed by atoms with Gasteiger partial charge in [0, 0.05) is 25.0 Å². The van der Waals surface area contributed by atoms with E-state index in [0.29, 0.717) is 0 Å². The van der Waals surface area contributed by atoms with Gasteiger partial charge in [-0.25, -0.2) is 0 Å². The molecule has 0 spiro atoms. The fourth-order valence-electron chi connectivity index (χ4n) is 2.15. The summed E-state index contributed by atoms with van der Waals surface area (Å²) in [5.74, 6) is 0.234. The Hall–Kier alpha value is -1.36. The van der Waals surface area contributed by atoms with Crippen LogP contribution in [0.2, 0.25) is 0 Å². The van der Waals surface area contributed by atoms with Crippen molar-refractivity contribution in [1.82, 2.24) is 10.2 Å². The minimum atomic E-state index is 0.0192. The third kappa shape index (κ3) is 3.56. The van der Waals surface area contributed by atoms with Crippen molar-refractivity contribution in [2.75, 3.05) is 13.1 Å². The van der Waals surface area contributed by atoms with Crippen LogP contribution in [-0.2, 0) is 4.79 Å². The van der Waals surface area contributed by atoms with Crippen LogP contribution in [0.25, 0.3) is 0 Å². The number of nitrogens with zero attached hydrogens (tertiary/aromatic N) is 1. The van der Waals surface area contributed by atoms with Gasteiger partial charge in [0.25, 0.3) is 5.91 Å². The predicted molar refractivity (Wildman–Crippen MR) is 76.2 cm³/mol. The lowest BCUT2D eigenvalue weighted by Gasteiger charge is -2.32. The molecule has 0 unspecified atom stereocenters. The summed E-state index contributed by atoms with van der Waals surface area (Å²) < 4.78 is 0. The first-order valence-corrected chi connectivity index (χ1v) is 7.59. The van der Waals surface area contributed by atoms with E-state index in [0.717, 1.165) is 30.8 Å². The van der Waals surface area contributed by atoms with E-state index in [1.807, 2.05) is 36.3 Å². The Morgan fingerprint density at radius 2 is 2.05 bits per heavy atom. The van der Waals surface area contributed by atoms with E-state index in [1.165, 1.54) is 11.3 Å². The van der Waals surface area contributed by atoms with Crippen LogP contribution in [0.3, 0.4) is 0 Å². The summed E-state index contributed by atoms with van der Waals surface area (Å²) in [7, 11) is 0. The molecule has 1 aromatic rings. The molecule has 1 N–H and O–H groups in total. The van der Waals surface area contributed by atoms with Gasteiger partial charge in [0.2, 0.25) is 5.91 Å². The molecular weight excluding hydrogens is 260 g/mol. The van der Waals surface area contributed by atoms with E-state index < -0.39 is 0 Å². The number of hydrogen-bond donors (Lipinski definition) is 1. The molecule has 19 heavy (non-hydrogen) atoms. The Bertz CT molecular complexity index is 434. The van der Waals surface area contributed by atoms with Crippen LogP contribution in [-0.4, -0.2) is 35.8 Å². The summed E-state index contributed by atoms with van der Waals surface area (Å²) in [4.78, 5) is 26.4. The summed E-state index contributed by atoms with van der Waals surface area (Å²) in [6, 6.07) is 3.97. The number of carbonyl (C=O) groups excluding carboxylic acids is 2. The normalized spacial score (nSPS) is 16.7. The van der Waals surface area contributed by atoms with E-state index >= 15 is 0 Å². The molecule has 2 rings (SSSR count). The van der Waals surface area contributed by atoms with Crippen molar-refractivity contribution in [3.63, 3.8) is 0 Å². The maximum absolute atomic E-state index is 12.1. The van der Waals surface area contributed by atoms with Gasteiger partial charge in [-0.2, -0.15) is 0 Å². The number of carbonyl (C=O) groups is 2. The number of thiophene rings is 1. The quantitative estimate of drug-likeness (QED) is 0.922. The Balaban J connectivity index is 1.82. The highest BCUT2D eigenvalue weighted by Crippen LogP contribution is 2.17. The van der Waals surface area contributed by atoms with Crippen LogP contribution < -0.4 is 5.32 Å². The number of piperidine rings is 1. The van der Waals surface area contributed by atoms with E-state index in [2.05, 4.69) is 5.32 Å². The van der Waals surface area contributed by atoms with E-state index in [9.17, 15) is 9.59 Å². The lowest BCUT2D eigenvalue weighted by molar-refractivity contribution is -0.124. The first kappa shape index (κ1) is 14.1. The third-order valence-corrected chi connectivity index (χ3v) is 4.24. The highest BCUT2D eigenvalue weighted by atomic mass is 32.1. The van der Waals surface area contributed by atoms with Gasteiger partial charge in [-0.15, -0.1) is 11.3 Å². The fraction of sp³-hybridized carbons (Fsp3) is 0.571. The Kier molecular flexibility index (Phi) is 4.58. The lowest BCUT2D eigenvalue weighted by atomic mass is 10.0. The zero-order valence-electron chi connectivity index (χ0n) is 11.4. The van der Waals surface area contributed by atoms with Gasteiger partial charge < -0.3 is 10.2 Å². The average molecular weight is 280 g/mol. The summed E-state index contributed by atoms with van der Waals surface area (Å²) >= 11 is 1.48. The number of nitrogens with one attached hydrogen (secondary N) is 1. The van der Waals surface area contributed by atoms with Gasteiger partial charge in [-0.05, 0) is 24.3 Å². The lowest BCUT2D eigenvalue weighted by Crippen LogP contribution is -2.47. The zero-order chi connectivity index (χ0) is 13.8. The first-order chi connectivity index (χ1) is 9.08. The molecule has 2 heterocycles. The molecule has 1 saturated heterocycles. The monoisotopic (exact) mass is 280 g/mol. The summed E-state index contributed by atoms with van der Waals surface area (Å²) in [6.07, 6.45) is 1.69. The number of amides is 2.